The number of nitrogens with zero attached hydrogens (tertiary/aromatic N) is 1. The lowest BCUT2D eigenvalue weighted by molar-refractivity contribution is -0.134. The van der Waals surface area contributed by atoms with Crippen LogP contribution in [-0.2, 0) is 26.2 Å². The molecule has 1 amide bonds. The van der Waals surface area contributed by atoms with E-state index in [1.54, 1.807) is 24.2 Å². The predicted molar refractivity (Wildman–Crippen MR) is 113 cm³/mol. The van der Waals surface area contributed by atoms with Gasteiger partial charge in [-0.05, 0) is 42.2 Å². The second kappa shape index (κ2) is 8.78. The molecule has 0 bridgehead atoms. The minimum absolute atomic E-state index is 0.0658. The zero-order valence-electron chi connectivity index (χ0n) is 16.9. The van der Waals surface area contributed by atoms with Crippen molar-refractivity contribution in [2.45, 2.75) is 18.3 Å². The maximum absolute atomic E-state index is 13.4. The van der Waals surface area contributed by atoms with E-state index in [-0.39, 0.29) is 5.91 Å². The van der Waals surface area contributed by atoms with E-state index in [2.05, 4.69) is 4.74 Å². The molecule has 1 atom stereocenters. The molecule has 1 aliphatic heterocycles. The Hall–Kier alpha value is -3.34. The Bertz CT molecular complexity index is 946. The zero-order valence-corrected chi connectivity index (χ0v) is 16.9. The summed E-state index contributed by atoms with van der Waals surface area (Å²) >= 11 is 0. The van der Waals surface area contributed by atoms with Gasteiger partial charge in [-0.25, -0.2) is 4.79 Å². The van der Waals surface area contributed by atoms with Gasteiger partial charge in [0, 0.05) is 18.8 Å². The molecular formula is C24H25NO4. The number of para-hydroxylation sites is 1. The molecule has 0 aromatic heterocycles. The monoisotopic (exact) mass is 391 g/mol. The van der Waals surface area contributed by atoms with Gasteiger partial charge in [-0.2, -0.15) is 0 Å². The highest BCUT2D eigenvalue weighted by molar-refractivity contribution is 6.08. The fourth-order valence-electron chi connectivity index (χ4n) is 3.80. The van der Waals surface area contributed by atoms with Crippen LogP contribution in [0.15, 0.2) is 72.8 Å². The third-order valence-electron chi connectivity index (χ3n) is 5.31. The molecule has 3 rings (SSSR count). The van der Waals surface area contributed by atoms with Crippen molar-refractivity contribution >= 4 is 17.6 Å². The van der Waals surface area contributed by atoms with Crippen LogP contribution in [0.25, 0.3) is 0 Å². The first-order valence-electron chi connectivity index (χ1n) is 9.43. The zero-order chi connectivity index (χ0) is 20.9. The van der Waals surface area contributed by atoms with Crippen molar-refractivity contribution < 1.29 is 19.1 Å². The van der Waals surface area contributed by atoms with Crippen LogP contribution in [0.2, 0.25) is 0 Å². The number of esters is 1. The highest BCUT2D eigenvalue weighted by atomic mass is 16.5. The summed E-state index contributed by atoms with van der Waals surface area (Å²) in [5.74, 6) is 0.437. The van der Waals surface area contributed by atoms with E-state index in [1.165, 1.54) is 13.2 Å². The summed E-state index contributed by atoms with van der Waals surface area (Å²) in [5.41, 5.74) is 2.31. The number of anilines is 1. The van der Waals surface area contributed by atoms with Crippen molar-refractivity contribution in [2.75, 3.05) is 26.2 Å². The van der Waals surface area contributed by atoms with Crippen LogP contribution >= 0.6 is 0 Å². The Balaban J connectivity index is 1.95. The van der Waals surface area contributed by atoms with E-state index in [4.69, 9.17) is 4.74 Å². The standard InChI is InChI=1S/C24H25NO4/c1-25-21-10-7-6-9-20(21)24(23(25)27,16-8-4-5-11-22(26)29-3)17-18-12-14-19(28-2)15-13-18/h4-15H,16-17H2,1-3H3/b8-4+,11-5+/t24-/m1/s1. The molecule has 0 N–H and O–H groups in total. The smallest absolute Gasteiger partial charge is 0.330 e. The van der Waals surface area contributed by atoms with E-state index in [9.17, 15) is 9.59 Å². The molecule has 0 fully saturated rings. The molecule has 0 saturated heterocycles. The highest BCUT2D eigenvalue weighted by Gasteiger charge is 2.48. The van der Waals surface area contributed by atoms with E-state index < -0.39 is 11.4 Å². The highest BCUT2D eigenvalue weighted by Crippen LogP contribution is 2.45. The van der Waals surface area contributed by atoms with Gasteiger partial charge in [0.1, 0.15) is 5.75 Å². The lowest BCUT2D eigenvalue weighted by atomic mass is 9.74. The fourth-order valence-corrected chi connectivity index (χ4v) is 3.80. The van der Waals surface area contributed by atoms with E-state index in [0.717, 1.165) is 22.6 Å². The topological polar surface area (TPSA) is 55.8 Å². The van der Waals surface area contributed by atoms with Crippen molar-refractivity contribution in [3.63, 3.8) is 0 Å². The molecule has 1 aliphatic rings. The van der Waals surface area contributed by atoms with Gasteiger partial charge < -0.3 is 14.4 Å². The van der Waals surface area contributed by atoms with Crippen LogP contribution in [0.3, 0.4) is 0 Å². The lowest BCUT2D eigenvalue weighted by Gasteiger charge is -2.27. The van der Waals surface area contributed by atoms with Gasteiger partial charge in [-0.15, -0.1) is 0 Å². The Morgan fingerprint density at radius 3 is 2.48 bits per heavy atom. The Labute approximate surface area is 171 Å². The Morgan fingerprint density at radius 2 is 1.79 bits per heavy atom. The van der Waals surface area contributed by atoms with Crippen LogP contribution in [0.4, 0.5) is 5.69 Å². The molecule has 29 heavy (non-hydrogen) atoms. The van der Waals surface area contributed by atoms with Crippen molar-refractivity contribution in [1.29, 1.82) is 0 Å². The van der Waals surface area contributed by atoms with Crippen LogP contribution in [0, 0.1) is 0 Å². The van der Waals surface area contributed by atoms with Crippen LogP contribution in [0.5, 0.6) is 5.75 Å². The van der Waals surface area contributed by atoms with Gasteiger partial charge >= 0.3 is 5.97 Å². The van der Waals surface area contributed by atoms with Crippen molar-refractivity contribution in [3.8, 4) is 5.75 Å². The van der Waals surface area contributed by atoms with Gasteiger partial charge in [0.15, 0.2) is 0 Å². The molecule has 150 valence electrons. The van der Waals surface area contributed by atoms with Crippen molar-refractivity contribution in [1.82, 2.24) is 0 Å². The quantitative estimate of drug-likeness (QED) is 0.409. The number of carbonyl (C=O) groups is 2. The van der Waals surface area contributed by atoms with E-state index >= 15 is 0 Å². The van der Waals surface area contributed by atoms with Crippen LogP contribution in [-0.4, -0.2) is 33.1 Å². The van der Waals surface area contributed by atoms with E-state index in [0.29, 0.717) is 12.8 Å². The Kier molecular flexibility index (Phi) is 6.17. The summed E-state index contributed by atoms with van der Waals surface area (Å²) in [4.78, 5) is 26.4. The molecule has 2 aromatic rings. The first-order chi connectivity index (χ1) is 14.0. The minimum Gasteiger partial charge on any atom is -0.497 e. The van der Waals surface area contributed by atoms with Gasteiger partial charge in [0.25, 0.3) is 0 Å². The normalized spacial score (nSPS) is 18.4. The summed E-state index contributed by atoms with van der Waals surface area (Å²) in [5, 5.41) is 0. The van der Waals surface area contributed by atoms with Crippen LogP contribution < -0.4 is 9.64 Å². The first-order valence-corrected chi connectivity index (χ1v) is 9.43. The Morgan fingerprint density at radius 1 is 1.07 bits per heavy atom. The number of methoxy groups -OCH3 is 2. The van der Waals surface area contributed by atoms with Gasteiger partial charge in [0.05, 0.1) is 19.6 Å². The number of hydrogen-bond donors (Lipinski definition) is 0. The number of hydrogen-bond acceptors (Lipinski definition) is 4. The molecule has 0 radical (unpaired) electrons. The lowest BCUT2D eigenvalue weighted by Crippen LogP contribution is -2.40. The summed E-state index contributed by atoms with van der Waals surface area (Å²) in [6.45, 7) is 0. The molecule has 0 unspecified atom stereocenters. The number of likely N-dealkylation sites (N-methyl/N-ethyl adjacent to an activating group) is 1. The summed E-state index contributed by atoms with van der Waals surface area (Å²) < 4.78 is 9.84. The number of carbonyl (C=O) groups excluding carboxylic acids is 2. The molecule has 5 nitrogen and oxygen atoms in total. The molecule has 5 heteroatoms. The number of amides is 1. The van der Waals surface area contributed by atoms with Crippen molar-refractivity contribution in [3.05, 3.63) is 84.0 Å². The predicted octanol–water partition coefficient (Wildman–Crippen LogP) is 3.83. The second-order valence-electron chi connectivity index (χ2n) is 7.00. The molecular weight excluding hydrogens is 366 g/mol. The minimum atomic E-state index is -0.699. The van der Waals surface area contributed by atoms with Crippen LogP contribution in [0.1, 0.15) is 17.5 Å². The molecule has 0 aliphatic carbocycles. The second-order valence-corrected chi connectivity index (χ2v) is 7.00. The molecule has 2 aromatic carbocycles. The maximum Gasteiger partial charge on any atom is 0.330 e. The van der Waals surface area contributed by atoms with E-state index in [1.807, 2.05) is 61.7 Å². The number of allylic oxidation sites excluding steroid dienone is 3. The largest absolute Gasteiger partial charge is 0.497 e. The third kappa shape index (κ3) is 4.09. The summed E-state index contributed by atoms with van der Waals surface area (Å²) in [6, 6.07) is 15.7. The van der Waals surface area contributed by atoms with Gasteiger partial charge in [-0.1, -0.05) is 48.6 Å². The van der Waals surface area contributed by atoms with Gasteiger partial charge in [0.2, 0.25) is 5.91 Å². The number of fused-ring (bicyclic) bond motifs is 1. The summed E-state index contributed by atoms with van der Waals surface area (Å²) in [7, 11) is 4.79. The maximum atomic E-state index is 13.4. The number of rotatable bonds is 7. The SMILES string of the molecule is COC(=O)/C=C/C=C/C[C@]1(Cc2ccc(OC)cc2)C(=O)N(C)c2ccccc21. The van der Waals surface area contributed by atoms with Gasteiger partial charge in [-0.3, -0.25) is 4.79 Å². The summed E-state index contributed by atoms with van der Waals surface area (Å²) in [6.07, 6.45) is 7.77. The molecule has 0 spiro atoms. The number of ether oxygens (including phenoxy) is 2. The average Bonchev–Trinajstić information content (AvgIpc) is 2.96. The first kappa shape index (κ1) is 20.4. The van der Waals surface area contributed by atoms with Crippen molar-refractivity contribution in [2.24, 2.45) is 0 Å². The average molecular weight is 391 g/mol. The molecule has 1 heterocycles. The number of benzene rings is 2. The fraction of sp³-hybridized carbons (Fsp3) is 0.250. The molecule has 0 saturated carbocycles. The third-order valence-corrected chi connectivity index (χ3v) is 5.31.